The zero-order chi connectivity index (χ0) is 18.1. The SMILES string of the molecule is Cc1cc2cc(NC(=O)N3CCOCC3c3ccc(F)cc3)ccc2[nH]1. The van der Waals surface area contributed by atoms with Crippen molar-refractivity contribution in [2.24, 2.45) is 0 Å². The highest BCUT2D eigenvalue weighted by Gasteiger charge is 2.28. The number of aromatic amines is 1. The Balaban J connectivity index is 1.55. The van der Waals surface area contributed by atoms with Gasteiger partial charge in [0.15, 0.2) is 0 Å². The van der Waals surface area contributed by atoms with Gasteiger partial charge >= 0.3 is 6.03 Å². The number of benzene rings is 2. The molecule has 4 rings (SSSR count). The number of fused-ring (bicyclic) bond motifs is 1. The van der Waals surface area contributed by atoms with Crippen LogP contribution in [0.1, 0.15) is 17.3 Å². The van der Waals surface area contributed by atoms with Crippen LogP contribution in [0.5, 0.6) is 0 Å². The maximum absolute atomic E-state index is 13.2. The van der Waals surface area contributed by atoms with Gasteiger partial charge in [-0.25, -0.2) is 9.18 Å². The highest BCUT2D eigenvalue weighted by atomic mass is 19.1. The van der Waals surface area contributed by atoms with E-state index in [9.17, 15) is 9.18 Å². The summed E-state index contributed by atoms with van der Waals surface area (Å²) in [5.74, 6) is -0.295. The number of halogens is 1. The number of aryl methyl sites for hydroxylation is 1. The summed E-state index contributed by atoms with van der Waals surface area (Å²) in [6, 6.07) is 13.6. The van der Waals surface area contributed by atoms with Crippen molar-refractivity contribution in [1.82, 2.24) is 9.88 Å². The van der Waals surface area contributed by atoms with Crippen molar-refractivity contribution >= 4 is 22.6 Å². The zero-order valence-corrected chi connectivity index (χ0v) is 14.5. The fourth-order valence-electron chi connectivity index (χ4n) is 3.36. The molecule has 5 nitrogen and oxygen atoms in total. The summed E-state index contributed by atoms with van der Waals surface area (Å²) in [7, 11) is 0. The van der Waals surface area contributed by atoms with Gasteiger partial charge in [0.05, 0.1) is 19.3 Å². The topological polar surface area (TPSA) is 57.4 Å². The van der Waals surface area contributed by atoms with Gasteiger partial charge in [0.1, 0.15) is 5.82 Å². The summed E-state index contributed by atoms with van der Waals surface area (Å²) in [6.07, 6.45) is 0. The second kappa shape index (κ2) is 6.80. The summed E-state index contributed by atoms with van der Waals surface area (Å²) in [4.78, 5) is 17.8. The largest absolute Gasteiger partial charge is 0.377 e. The Morgan fingerprint density at radius 1 is 1.23 bits per heavy atom. The Kier molecular flexibility index (Phi) is 4.34. The Morgan fingerprint density at radius 2 is 2.04 bits per heavy atom. The van der Waals surface area contributed by atoms with Crippen molar-refractivity contribution in [3.8, 4) is 0 Å². The van der Waals surface area contributed by atoms with E-state index < -0.39 is 0 Å². The van der Waals surface area contributed by atoms with Crippen LogP contribution >= 0.6 is 0 Å². The smallest absolute Gasteiger partial charge is 0.322 e. The molecule has 1 saturated heterocycles. The van der Waals surface area contributed by atoms with E-state index in [-0.39, 0.29) is 17.9 Å². The number of hydrogen-bond acceptors (Lipinski definition) is 2. The van der Waals surface area contributed by atoms with Crippen LogP contribution < -0.4 is 5.32 Å². The number of aromatic nitrogens is 1. The highest BCUT2D eigenvalue weighted by Crippen LogP contribution is 2.26. The molecule has 0 aliphatic carbocycles. The van der Waals surface area contributed by atoms with E-state index in [0.29, 0.717) is 19.8 Å². The summed E-state index contributed by atoms with van der Waals surface area (Å²) in [5.41, 5.74) is 3.72. The van der Waals surface area contributed by atoms with Gasteiger partial charge in [-0.15, -0.1) is 0 Å². The van der Waals surface area contributed by atoms with Crippen LogP contribution in [0.15, 0.2) is 48.5 Å². The molecule has 1 aromatic heterocycles. The molecule has 134 valence electrons. The minimum absolute atomic E-state index is 0.186. The van der Waals surface area contributed by atoms with Crippen LogP contribution in [-0.2, 0) is 4.74 Å². The molecule has 2 aromatic carbocycles. The van der Waals surface area contributed by atoms with Crippen molar-refractivity contribution in [3.63, 3.8) is 0 Å². The molecule has 6 heteroatoms. The van der Waals surface area contributed by atoms with Crippen LogP contribution in [-0.4, -0.2) is 35.7 Å². The van der Waals surface area contributed by atoms with Gasteiger partial charge in [-0.2, -0.15) is 0 Å². The van der Waals surface area contributed by atoms with Crippen LogP contribution in [0.2, 0.25) is 0 Å². The molecule has 2 amide bonds. The maximum atomic E-state index is 13.2. The van der Waals surface area contributed by atoms with E-state index in [0.717, 1.165) is 27.8 Å². The minimum atomic E-state index is -0.295. The average molecular weight is 353 g/mol. The summed E-state index contributed by atoms with van der Waals surface area (Å²) in [5, 5.41) is 4.02. The number of nitrogens with one attached hydrogen (secondary N) is 2. The predicted molar refractivity (Wildman–Crippen MR) is 98.7 cm³/mol. The number of urea groups is 1. The number of carbonyl (C=O) groups is 1. The number of morpholine rings is 1. The first kappa shape index (κ1) is 16.6. The molecule has 1 aliphatic rings. The molecule has 0 radical (unpaired) electrons. The molecule has 2 N–H and O–H groups in total. The third-order valence-electron chi connectivity index (χ3n) is 4.65. The summed E-state index contributed by atoms with van der Waals surface area (Å²) < 4.78 is 18.7. The fraction of sp³-hybridized carbons (Fsp3) is 0.250. The number of H-pyrrole nitrogens is 1. The summed E-state index contributed by atoms with van der Waals surface area (Å²) in [6.45, 7) is 3.37. The van der Waals surface area contributed by atoms with E-state index in [4.69, 9.17) is 4.74 Å². The molecular formula is C20H20FN3O2. The molecule has 2 heterocycles. The van der Waals surface area contributed by atoms with Crippen molar-refractivity contribution in [3.05, 3.63) is 65.6 Å². The van der Waals surface area contributed by atoms with Gasteiger partial charge in [-0.3, -0.25) is 0 Å². The first-order valence-electron chi connectivity index (χ1n) is 8.60. The second-order valence-electron chi connectivity index (χ2n) is 6.52. The molecule has 26 heavy (non-hydrogen) atoms. The van der Waals surface area contributed by atoms with Crippen LogP contribution in [0, 0.1) is 12.7 Å². The number of hydrogen-bond donors (Lipinski definition) is 2. The van der Waals surface area contributed by atoms with Crippen LogP contribution in [0.3, 0.4) is 0 Å². The molecule has 0 saturated carbocycles. The highest BCUT2D eigenvalue weighted by molar-refractivity contribution is 5.93. The lowest BCUT2D eigenvalue weighted by molar-refractivity contribution is 0.0147. The Bertz CT molecular complexity index is 936. The number of anilines is 1. The van der Waals surface area contributed by atoms with Crippen molar-refractivity contribution in [2.75, 3.05) is 25.1 Å². The first-order chi connectivity index (χ1) is 12.6. The normalized spacial score (nSPS) is 17.5. The average Bonchev–Trinajstić information content (AvgIpc) is 3.01. The standard InChI is InChI=1S/C20H20FN3O2/c1-13-10-15-11-17(6-7-18(15)22-13)23-20(25)24-8-9-26-12-19(24)14-2-4-16(21)5-3-14/h2-7,10-11,19,22H,8-9,12H2,1H3,(H,23,25). The molecule has 1 atom stereocenters. The fourth-order valence-corrected chi connectivity index (χ4v) is 3.36. The predicted octanol–water partition coefficient (Wildman–Crippen LogP) is 4.22. The second-order valence-corrected chi connectivity index (χ2v) is 6.52. The minimum Gasteiger partial charge on any atom is -0.377 e. The number of ether oxygens (including phenoxy) is 1. The number of rotatable bonds is 2. The van der Waals surface area contributed by atoms with Crippen molar-refractivity contribution in [1.29, 1.82) is 0 Å². The van der Waals surface area contributed by atoms with E-state index in [1.807, 2.05) is 31.2 Å². The number of amides is 2. The lowest BCUT2D eigenvalue weighted by Gasteiger charge is -2.35. The quantitative estimate of drug-likeness (QED) is 0.725. The van der Waals surface area contributed by atoms with Crippen molar-refractivity contribution in [2.45, 2.75) is 13.0 Å². The number of carbonyl (C=O) groups excluding carboxylic acids is 1. The van der Waals surface area contributed by atoms with Crippen LogP contribution in [0.25, 0.3) is 10.9 Å². The summed E-state index contributed by atoms with van der Waals surface area (Å²) >= 11 is 0. The molecule has 0 bridgehead atoms. The number of nitrogens with zero attached hydrogens (tertiary/aromatic N) is 1. The van der Waals surface area contributed by atoms with E-state index in [2.05, 4.69) is 10.3 Å². The first-order valence-corrected chi connectivity index (χ1v) is 8.60. The van der Waals surface area contributed by atoms with Crippen molar-refractivity contribution < 1.29 is 13.9 Å². The van der Waals surface area contributed by atoms with Gasteiger partial charge in [-0.1, -0.05) is 12.1 Å². The monoisotopic (exact) mass is 353 g/mol. The van der Waals surface area contributed by atoms with Gasteiger partial charge in [-0.05, 0) is 48.9 Å². The molecule has 1 fully saturated rings. The third kappa shape index (κ3) is 3.28. The third-order valence-corrected chi connectivity index (χ3v) is 4.65. The maximum Gasteiger partial charge on any atom is 0.322 e. The Hall–Kier alpha value is -2.86. The molecule has 1 aliphatic heterocycles. The molecule has 1 unspecified atom stereocenters. The zero-order valence-electron chi connectivity index (χ0n) is 14.5. The molecule has 3 aromatic rings. The lowest BCUT2D eigenvalue weighted by Crippen LogP contribution is -2.45. The lowest BCUT2D eigenvalue weighted by atomic mass is 10.1. The van der Waals surface area contributed by atoms with Crippen LogP contribution in [0.4, 0.5) is 14.9 Å². The van der Waals surface area contributed by atoms with E-state index in [1.165, 1.54) is 12.1 Å². The molecular weight excluding hydrogens is 333 g/mol. The molecule has 0 spiro atoms. The van der Waals surface area contributed by atoms with E-state index >= 15 is 0 Å². The van der Waals surface area contributed by atoms with Gasteiger partial charge in [0, 0.05) is 28.8 Å². The van der Waals surface area contributed by atoms with Gasteiger partial charge in [0.2, 0.25) is 0 Å². The Morgan fingerprint density at radius 3 is 2.85 bits per heavy atom. The van der Waals surface area contributed by atoms with Gasteiger partial charge in [0.25, 0.3) is 0 Å². The van der Waals surface area contributed by atoms with E-state index in [1.54, 1.807) is 17.0 Å². The van der Waals surface area contributed by atoms with Gasteiger partial charge < -0.3 is 19.9 Å². The Labute approximate surface area is 150 Å².